The Hall–Kier alpha value is -1.09. The monoisotopic (exact) mass is 223 g/mol. The molecule has 3 heteroatoms. The van der Waals surface area contributed by atoms with E-state index in [4.69, 9.17) is 0 Å². The SMILES string of the molecule is Cc1cc(F)c(O)c(CC2CCCCN2)c1. The van der Waals surface area contributed by atoms with Crippen LogP contribution in [0.3, 0.4) is 0 Å². The molecule has 0 aromatic heterocycles. The second-order valence-corrected chi connectivity index (χ2v) is 4.61. The maximum Gasteiger partial charge on any atom is 0.165 e. The second-order valence-electron chi connectivity index (χ2n) is 4.61. The van der Waals surface area contributed by atoms with Crippen LogP contribution in [0.15, 0.2) is 12.1 Å². The summed E-state index contributed by atoms with van der Waals surface area (Å²) in [5.41, 5.74) is 1.58. The quantitative estimate of drug-likeness (QED) is 0.807. The molecule has 0 aliphatic carbocycles. The third-order valence-electron chi connectivity index (χ3n) is 3.17. The van der Waals surface area contributed by atoms with Crippen molar-refractivity contribution in [1.29, 1.82) is 0 Å². The third-order valence-corrected chi connectivity index (χ3v) is 3.17. The third kappa shape index (κ3) is 2.53. The predicted octanol–water partition coefficient (Wildman–Crippen LogP) is 2.52. The van der Waals surface area contributed by atoms with E-state index >= 15 is 0 Å². The van der Waals surface area contributed by atoms with Crippen LogP contribution in [-0.2, 0) is 6.42 Å². The van der Waals surface area contributed by atoms with Gasteiger partial charge in [0.25, 0.3) is 0 Å². The highest BCUT2D eigenvalue weighted by atomic mass is 19.1. The molecular weight excluding hydrogens is 205 g/mol. The molecule has 1 aliphatic rings. The molecule has 1 aromatic rings. The molecule has 0 amide bonds. The fourth-order valence-corrected chi connectivity index (χ4v) is 2.33. The number of rotatable bonds is 2. The lowest BCUT2D eigenvalue weighted by molar-refractivity contribution is 0.384. The van der Waals surface area contributed by atoms with Gasteiger partial charge in [0.15, 0.2) is 11.6 Å². The number of nitrogens with one attached hydrogen (secondary N) is 1. The molecule has 2 rings (SSSR count). The number of aromatic hydroxyl groups is 1. The van der Waals surface area contributed by atoms with Crippen molar-refractivity contribution in [3.05, 3.63) is 29.1 Å². The zero-order valence-electron chi connectivity index (χ0n) is 9.59. The first-order valence-electron chi connectivity index (χ1n) is 5.88. The molecule has 1 saturated heterocycles. The number of hydrogen-bond acceptors (Lipinski definition) is 2. The van der Waals surface area contributed by atoms with Gasteiger partial charge in [-0.3, -0.25) is 0 Å². The first kappa shape index (κ1) is 11.4. The molecule has 1 aromatic carbocycles. The first-order valence-corrected chi connectivity index (χ1v) is 5.88. The summed E-state index contributed by atoms with van der Waals surface area (Å²) in [6, 6.07) is 3.61. The number of aryl methyl sites for hydroxylation is 1. The number of hydrogen-bond donors (Lipinski definition) is 2. The van der Waals surface area contributed by atoms with E-state index in [1.54, 1.807) is 0 Å². The Kier molecular flexibility index (Phi) is 3.44. The topological polar surface area (TPSA) is 32.3 Å². The number of benzene rings is 1. The second kappa shape index (κ2) is 4.83. The van der Waals surface area contributed by atoms with E-state index < -0.39 is 5.82 Å². The van der Waals surface area contributed by atoms with Crippen molar-refractivity contribution in [3.63, 3.8) is 0 Å². The van der Waals surface area contributed by atoms with Crippen LogP contribution in [0.5, 0.6) is 5.75 Å². The Morgan fingerprint density at radius 3 is 2.94 bits per heavy atom. The van der Waals surface area contributed by atoms with Crippen LogP contribution in [0.4, 0.5) is 4.39 Å². The molecule has 0 radical (unpaired) electrons. The van der Waals surface area contributed by atoms with Crippen molar-refractivity contribution in [2.24, 2.45) is 0 Å². The first-order chi connectivity index (χ1) is 7.66. The molecule has 0 bridgehead atoms. The molecule has 1 atom stereocenters. The van der Waals surface area contributed by atoms with E-state index in [9.17, 15) is 9.50 Å². The predicted molar refractivity (Wildman–Crippen MR) is 62.1 cm³/mol. The minimum Gasteiger partial charge on any atom is -0.505 e. The van der Waals surface area contributed by atoms with E-state index in [-0.39, 0.29) is 5.75 Å². The van der Waals surface area contributed by atoms with Gasteiger partial charge in [0.05, 0.1) is 0 Å². The molecular formula is C13H18FNO. The molecule has 1 fully saturated rings. The van der Waals surface area contributed by atoms with Crippen LogP contribution in [0.1, 0.15) is 30.4 Å². The maximum atomic E-state index is 13.3. The zero-order valence-corrected chi connectivity index (χ0v) is 9.59. The average molecular weight is 223 g/mol. The van der Waals surface area contributed by atoms with Gasteiger partial charge in [-0.2, -0.15) is 0 Å². The molecule has 1 unspecified atom stereocenters. The van der Waals surface area contributed by atoms with Gasteiger partial charge in [-0.05, 0) is 49.9 Å². The largest absolute Gasteiger partial charge is 0.505 e. The summed E-state index contributed by atoms with van der Waals surface area (Å²) >= 11 is 0. The van der Waals surface area contributed by atoms with Gasteiger partial charge >= 0.3 is 0 Å². The summed E-state index contributed by atoms with van der Waals surface area (Å²) in [6.07, 6.45) is 4.25. The number of phenolic OH excluding ortho intramolecular Hbond substituents is 1. The van der Waals surface area contributed by atoms with Gasteiger partial charge in [0, 0.05) is 6.04 Å². The summed E-state index contributed by atoms with van der Waals surface area (Å²) in [5, 5.41) is 13.1. The summed E-state index contributed by atoms with van der Waals surface area (Å²) < 4.78 is 13.3. The lowest BCUT2D eigenvalue weighted by Gasteiger charge is -2.24. The Morgan fingerprint density at radius 2 is 2.25 bits per heavy atom. The van der Waals surface area contributed by atoms with E-state index in [0.717, 1.165) is 24.1 Å². The smallest absolute Gasteiger partial charge is 0.165 e. The maximum absolute atomic E-state index is 13.3. The Morgan fingerprint density at radius 1 is 1.44 bits per heavy atom. The fraction of sp³-hybridized carbons (Fsp3) is 0.538. The zero-order chi connectivity index (χ0) is 11.5. The van der Waals surface area contributed by atoms with Gasteiger partial charge < -0.3 is 10.4 Å². The van der Waals surface area contributed by atoms with Crippen LogP contribution in [0.2, 0.25) is 0 Å². The van der Waals surface area contributed by atoms with Crippen LogP contribution < -0.4 is 5.32 Å². The van der Waals surface area contributed by atoms with Crippen molar-refractivity contribution in [2.75, 3.05) is 6.54 Å². The van der Waals surface area contributed by atoms with Crippen molar-refractivity contribution in [1.82, 2.24) is 5.32 Å². The minimum atomic E-state index is -0.509. The normalized spacial score (nSPS) is 21.0. The van der Waals surface area contributed by atoms with E-state index in [2.05, 4.69) is 5.32 Å². The molecule has 2 nitrogen and oxygen atoms in total. The van der Waals surface area contributed by atoms with E-state index in [1.807, 2.05) is 13.0 Å². The summed E-state index contributed by atoms with van der Waals surface area (Å²) in [4.78, 5) is 0. The van der Waals surface area contributed by atoms with Crippen LogP contribution >= 0.6 is 0 Å². The molecule has 1 aliphatic heterocycles. The fourth-order valence-electron chi connectivity index (χ4n) is 2.33. The average Bonchev–Trinajstić information content (AvgIpc) is 2.27. The highest BCUT2D eigenvalue weighted by molar-refractivity contribution is 5.37. The van der Waals surface area contributed by atoms with Gasteiger partial charge in [-0.15, -0.1) is 0 Å². The van der Waals surface area contributed by atoms with E-state index in [0.29, 0.717) is 12.5 Å². The highest BCUT2D eigenvalue weighted by Gasteiger charge is 2.16. The standard InChI is InChI=1S/C13H18FNO/c1-9-6-10(13(16)12(14)7-9)8-11-4-2-3-5-15-11/h6-7,11,15-16H,2-5,8H2,1H3. The number of halogens is 1. The Bertz CT molecular complexity index is 372. The van der Waals surface area contributed by atoms with Crippen molar-refractivity contribution in [2.45, 2.75) is 38.6 Å². The molecule has 1 heterocycles. The van der Waals surface area contributed by atoms with E-state index in [1.165, 1.54) is 18.9 Å². The lowest BCUT2D eigenvalue weighted by Crippen LogP contribution is -2.35. The Balaban J connectivity index is 2.13. The van der Waals surface area contributed by atoms with Crippen LogP contribution in [-0.4, -0.2) is 17.7 Å². The molecule has 0 spiro atoms. The van der Waals surface area contributed by atoms with Crippen LogP contribution in [0, 0.1) is 12.7 Å². The molecule has 2 N–H and O–H groups in total. The molecule has 88 valence electrons. The van der Waals surface area contributed by atoms with Gasteiger partial charge in [-0.1, -0.05) is 12.5 Å². The van der Waals surface area contributed by atoms with Crippen molar-refractivity contribution in [3.8, 4) is 5.75 Å². The van der Waals surface area contributed by atoms with Crippen molar-refractivity contribution >= 4 is 0 Å². The minimum absolute atomic E-state index is 0.182. The van der Waals surface area contributed by atoms with Gasteiger partial charge in [0.1, 0.15) is 0 Å². The lowest BCUT2D eigenvalue weighted by atomic mass is 9.96. The molecule has 0 saturated carbocycles. The molecule has 16 heavy (non-hydrogen) atoms. The number of piperidine rings is 1. The summed E-state index contributed by atoms with van der Waals surface area (Å²) in [5.74, 6) is -0.691. The van der Waals surface area contributed by atoms with Crippen molar-refractivity contribution < 1.29 is 9.50 Å². The summed E-state index contributed by atoms with van der Waals surface area (Å²) in [6.45, 7) is 2.88. The van der Waals surface area contributed by atoms with Gasteiger partial charge in [0.2, 0.25) is 0 Å². The Labute approximate surface area is 95.5 Å². The summed E-state index contributed by atoms with van der Waals surface area (Å²) in [7, 11) is 0. The van der Waals surface area contributed by atoms with Crippen LogP contribution in [0.25, 0.3) is 0 Å². The van der Waals surface area contributed by atoms with Gasteiger partial charge in [-0.25, -0.2) is 4.39 Å². The highest BCUT2D eigenvalue weighted by Crippen LogP contribution is 2.25. The number of phenols is 1.